The van der Waals surface area contributed by atoms with Gasteiger partial charge in [0, 0.05) is 31.7 Å². The number of morpholine rings is 1. The fourth-order valence-electron chi connectivity index (χ4n) is 1.85. The summed E-state index contributed by atoms with van der Waals surface area (Å²) in [5.74, 6) is 0.815. The first-order chi connectivity index (χ1) is 7.83. The van der Waals surface area contributed by atoms with E-state index in [-0.39, 0.29) is 6.10 Å². The highest BCUT2D eigenvalue weighted by molar-refractivity contribution is 7.09. The van der Waals surface area contributed by atoms with Crippen LogP contribution in [0.5, 0.6) is 0 Å². The molecule has 0 aromatic carbocycles. The predicted octanol–water partition coefficient (Wildman–Crippen LogP) is 1.36. The molecule has 0 radical (unpaired) electrons. The molecule has 0 bridgehead atoms. The standard InChI is InChI=1S/C10H18N4OS/c1-3-4-14-5-6-15-8(7-14)9-12-10(11-2)16-13-9/h8H,3-7H2,1-2H3,(H,11,12,13). The third-order valence-electron chi connectivity index (χ3n) is 2.63. The number of rotatable bonds is 4. The number of aromatic nitrogens is 2. The minimum atomic E-state index is 0.0404. The van der Waals surface area contributed by atoms with Gasteiger partial charge in [-0.1, -0.05) is 6.92 Å². The zero-order valence-corrected chi connectivity index (χ0v) is 10.6. The topological polar surface area (TPSA) is 50.3 Å². The Balaban J connectivity index is 1.98. The molecule has 90 valence electrons. The molecule has 1 saturated heterocycles. The van der Waals surface area contributed by atoms with E-state index in [0.717, 1.165) is 37.2 Å². The largest absolute Gasteiger partial charge is 0.367 e. The molecule has 1 N–H and O–H groups in total. The van der Waals surface area contributed by atoms with E-state index in [1.54, 1.807) is 0 Å². The van der Waals surface area contributed by atoms with Gasteiger partial charge < -0.3 is 10.1 Å². The maximum absolute atomic E-state index is 5.71. The Kier molecular flexibility index (Phi) is 4.09. The molecule has 0 amide bonds. The van der Waals surface area contributed by atoms with Crippen LogP contribution in [0.15, 0.2) is 0 Å². The molecule has 2 rings (SSSR count). The van der Waals surface area contributed by atoms with E-state index in [1.807, 2.05) is 7.05 Å². The Bertz CT molecular complexity index is 328. The van der Waals surface area contributed by atoms with Gasteiger partial charge in [-0.05, 0) is 13.0 Å². The Morgan fingerprint density at radius 3 is 3.19 bits per heavy atom. The van der Waals surface area contributed by atoms with Crippen LogP contribution in [0.1, 0.15) is 25.3 Å². The molecule has 0 saturated carbocycles. The molecule has 16 heavy (non-hydrogen) atoms. The molecule has 1 aliphatic rings. The Labute approximate surface area is 100.0 Å². The average Bonchev–Trinajstić information content (AvgIpc) is 2.78. The summed E-state index contributed by atoms with van der Waals surface area (Å²) in [7, 11) is 1.86. The summed E-state index contributed by atoms with van der Waals surface area (Å²) in [5.41, 5.74) is 0. The third kappa shape index (κ3) is 2.69. The van der Waals surface area contributed by atoms with Gasteiger partial charge >= 0.3 is 0 Å². The number of nitrogens with one attached hydrogen (secondary N) is 1. The molecule has 1 atom stereocenters. The van der Waals surface area contributed by atoms with Crippen molar-refractivity contribution in [2.75, 3.05) is 38.6 Å². The second-order valence-electron chi connectivity index (χ2n) is 3.87. The van der Waals surface area contributed by atoms with Crippen molar-refractivity contribution in [3.8, 4) is 0 Å². The van der Waals surface area contributed by atoms with E-state index in [2.05, 4.69) is 26.5 Å². The lowest BCUT2D eigenvalue weighted by Gasteiger charge is -2.31. The van der Waals surface area contributed by atoms with Gasteiger partial charge in [0.15, 0.2) is 5.82 Å². The van der Waals surface area contributed by atoms with Crippen molar-refractivity contribution in [1.29, 1.82) is 0 Å². The normalized spacial score (nSPS) is 22.2. The van der Waals surface area contributed by atoms with E-state index >= 15 is 0 Å². The fraction of sp³-hybridized carbons (Fsp3) is 0.800. The molecule has 1 unspecified atom stereocenters. The number of hydrogen-bond acceptors (Lipinski definition) is 6. The number of anilines is 1. The van der Waals surface area contributed by atoms with E-state index in [4.69, 9.17) is 4.74 Å². The highest BCUT2D eigenvalue weighted by Crippen LogP contribution is 2.22. The minimum absolute atomic E-state index is 0.0404. The first-order valence-electron chi connectivity index (χ1n) is 5.68. The molecule has 0 spiro atoms. The number of nitrogens with zero attached hydrogens (tertiary/aromatic N) is 3. The number of ether oxygens (including phenoxy) is 1. The lowest BCUT2D eigenvalue weighted by molar-refractivity contribution is -0.0336. The molecule has 6 heteroatoms. The molecule has 1 aromatic rings. The summed E-state index contributed by atoms with van der Waals surface area (Å²) in [4.78, 5) is 6.80. The van der Waals surface area contributed by atoms with Crippen molar-refractivity contribution < 1.29 is 4.74 Å². The second-order valence-corrected chi connectivity index (χ2v) is 4.62. The second kappa shape index (κ2) is 5.56. The monoisotopic (exact) mass is 242 g/mol. The predicted molar refractivity (Wildman–Crippen MR) is 64.9 cm³/mol. The van der Waals surface area contributed by atoms with Crippen LogP contribution in [0.2, 0.25) is 0 Å². The van der Waals surface area contributed by atoms with Crippen molar-refractivity contribution in [2.45, 2.75) is 19.4 Å². The zero-order chi connectivity index (χ0) is 11.4. The summed E-state index contributed by atoms with van der Waals surface area (Å²) >= 11 is 1.39. The maximum Gasteiger partial charge on any atom is 0.202 e. The van der Waals surface area contributed by atoms with Crippen LogP contribution in [-0.4, -0.2) is 47.5 Å². The number of hydrogen-bond donors (Lipinski definition) is 1. The highest BCUT2D eigenvalue weighted by Gasteiger charge is 2.24. The SMILES string of the molecule is CCCN1CCOC(c2nsc(NC)n2)C1. The summed E-state index contributed by atoms with van der Waals surface area (Å²) in [6.07, 6.45) is 1.22. The van der Waals surface area contributed by atoms with E-state index in [9.17, 15) is 0 Å². The third-order valence-corrected chi connectivity index (χ3v) is 3.38. The molecule has 5 nitrogen and oxygen atoms in total. The van der Waals surface area contributed by atoms with Crippen molar-refractivity contribution in [3.63, 3.8) is 0 Å². The summed E-state index contributed by atoms with van der Waals surface area (Å²) < 4.78 is 10.0. The van der Waals surface area contributed by atoms with Crippen LogP contribution >= 0.6 is 11.5 Å². The molecular weight excluding hydrogens is 224 g/mol. The summed E-state index contributed by atoms with van der Waals surface area (Å²) in [6.45, 7) is 6.04. The van der Waals surface area contributed by atoms with Crippen LogP contribution in [0, 0.1) is 0 Å². The first kappa shape index (κ1) is 11.8. The smallest absolute Gasteiger partial charge is 0.202 e. The van der Waals surface area contributed by atoms with Crippen molar-refractivity contribution in [3.05, 3.63) is 5.82 Å². The van der Waals surface area contributed by atoms with E-state index in [0.29, 0.717) is 0 Å². The molecule has 1 fully saturated rings. The van der Waals surface area contributed by atoms with Gasteiger partial charge in [0.2, 0.25) is 5.13 Å². The van der Waals surface area contributed by atoms with E-state index in [1.165, 1.54) is 18.0 Å². The van der Waals surface area contributed by atoms with Gasteiger partial charge in [-0.2, -0.15) is 4.37 Å². The molecule has 0 aliphatic carbocycles. The van der Waals surface area contributed by atoms with Gasteiger partial charge in [0.1, 0.15) is 6.10 Å². The zero-order valence-electron chi connectivity index (χ0n) is 9.77. The van der Waals surface area contributed by atoms with Crippen LogP contribution in [0.3, 0.4) is 0 Å². The first-order valence-corrected chi connectivity index (χ1v) is 6.46. The van der Waals surface area contributed by atoms with Gasteiger partial charge in [0.25, 0.3) is 0 Å². The summed E-state index contributed by atoms with van der Waals surface area (Å²) in [6, 6.07) is 0. The lowest BCUT2D eigenvalue weighted by Crippen LogP contribution is -2.39. The van der Waals surface area contributed by atoms with E-state index < -0.39 is 0 Å². The lowest BCUT2D eigenvalue weighted by atomic mass is 10.2. The van der Waals surface area contributed by atoms with Gasteiger partial charge in [-0.15, -0.1) is 0 Å². The van der Waals surface area contributed by atoms with Crippen molar-refractivity contribution in [1.82, 2.24) is 14.3 Å². The minimum Gasteiger partial charge on any atom is -0.367 e. The molecule has 2 heterocycles. The quantitative estimate of drug-likeness (QED) is 0.864. The molecule has 1 aliphatic heterocycles. The van der Waals surface area contributed by atoms with Gasteiger partial charge in [-0.25, -0.2) is 4.98 Å². The highest BCUT2D eigenvalue weighted by atomic mass is 32.1. The van der Waals surface area contributed by atoms with Crippen LogP contribution in [-0.2, 0) is 4.74 Å². The Morgan fingerprint density at radius 2 is 2.50 bits per heavy atom. The Morgan fingerprint density at radius 1 is 1.62 bits per heavy atom. The van der Waals surface area contributed by atoms with Gasteiger partial charge in [0.05, 0.1) is 6.61 Å². The maximum atomic E-state index is 5.71. The van der Waals surface area contributed by atoms with Crippen LogP contribution in [0.25, 0.3) is 0 Å². The van der Waals surface area contributed by atoms with Crippen LogP contribution < -0.4 is 5.32 Å². The molecule has 1 aromatic heterocycles. The Hall–Kier alpha value is -0.720. The summed E-state index contributed by atoms with van der Waals surface area (Å²) in [5, 5.41) is 3.85. The molecular formula is C10H18N4OS. The van der Waals surface area contributed by atoms with Crippen molar-refractivity contribution in [2.24, 2.45) is 0 Å². The average molecular weight is 242 g/mol. The van der Waals surface area contributed by atoms with Crippen molar-refractivity contribution >= 4 is 16.7 Å². The fourth-order valence-corrected chi connectivity index (χ4v) is 2.41. The van der Waals surface area contributed by atoms with Gasteiger partial charge in [-0.3, -0.25) is 4.90 Å². The van der Waals surface area contributed by atoms with Crippen LogP contribution in [0.4, 0.5) is 5.13 Å².